The second-order valence-electron chi connectivity index (χ2n) is 4.46. The monoisotopic (exact) mass is 228 g/mol. The Bertz CT molecular complexity index is 217. The van der Waals surface area contributed by atoms with Gasteiger partial charge in [0.2, 0.25) is 0 Å². The largest absolute Gasteiger partial charge is 0.481 e. The Morgan fingerprint density at radius 2 is 2.12 bits per heavy atom. The lowest BCUT2D eigenvalue weighted by molar-refractivity contribution is -0.137. The highest BCUT2D eigenvalue weighted by molar-refractivity contribution is 5.66. The second kappa shape index (κ2) is 6.86. The van der Waals surface area contributed by atoms with Crippen LogP contribution in [0.2, 0.25) is 0 Å². The van der Waals surface area contributed by atoms with Gasteiger partial charge in [-0.2, -0.15) is 0 Å². The fourth-order valence-electron chi connectivity index (χ4n) is 2.53. The molecule has 1 rings (SSSR count). The summed E-state index contributed by atoms with van der Waals surface area (Å²) in [4.78, 5) is 15.3. The number of aliphatic carboxylic acids is 1. The number of nitrogens with zero attached hydrogens (tertiary/aromatic N) is 2. The van der Waals surface area contributed by atoms with Crippen molar-refractivity contribution in [2.45, 2.75) is 39.2 Å². The molecule has 4 heteroatoms. The van der Waals surface area contributed by atoms with Crippen LogP contribution in [0.4, 0.5) is 0 Å². The average molecular weight is 228 g/mol. The maximum Gasteiger partial charge on any atom is 0.304 e. The number of carboxylic acids is 1. The summed E-state index contributed by atoms with van der Waals surface area (Å²) >= 11 is 0. The molecule has 0 aromatic carbocycles. The van der Waals surface area contributed by atoms with Crippen LogP contribution in [0.5, 0.6) is 0 Å². The van der Waals surface area contributed by atoms with E-state index in [2.05, 4.69) is 23.6 Å². The predicted octanol–water partition coefficient (Wildman–Crippen LogP) is 1.27. The van der Waals surface area contributed by atoms with Gasteiger partial charge < -0.3 is 10.0 Å². The fraction of sp³-hybridized carbons (Fsp3) is 0.917. The van der Waals surface area contributed by atoms with Gasteiger partial charge in [0, 0.05) is 19.1 Å². The van der Waals surface area contributed by atoms with Crippen molar-refractivity contribution in [3.8, 4) is 0 Å². The molecule has 0 aromatic heterocycles. The smallest absolute Gasteiger partial charge is 0.304 e. The predicted molar refractivity (Wildman–Crippen MR) is 64.6 cm³/mol. The summed E-state index contributed by atoms with van der Waals surface area (Å²) in [5.41, 5.74) is 0. The Labute approximate surface area is 98.2 Å². The van der Waals surface area contributed by atoms with Crippen molar-refractivity contribution < 1.29 is 9.90 Å². The third-order valence-electron chi connectivity index (χ3n) is 3.45. The topological polar surface area (TPSA) is 43.8 Å². The molecule has 0 saturated carbocycles. The van der Waals surface area contributed by atoms with Gasteiger partial charge in [-0.05, 0) is 32.5 Å². The van der Waals surface area contributed by atoms with Crippen LogP contribution in [0.1, 0.15) is 33.1 Å². The Hall–Kier alpha value is -0.610. The SMILES string of the molecule is CCN(CC)C1CCCN(CCC(=O)O)C1. The van der Waals surface area contributed by atoms with E-state index in [1.807, 2.05) is 0 Å². The van der Waals surface area contributed by atoms with Crippen LogP contribution in [0, 0.1) is 0 Å². The average Bonchev–Trinajstić information content (AvgIpc) is 2.29. The lowest BCUT2D eigenvalue weighted by atomic mass is 10.0. The van der Waals surface area contributed by atoms with Crippen molar-refractivity contribution in [2.75, 3.05) is 32.7 Å². The van der Waals surface area contributed by atoms with Gasteiger partial charge in [0.05, 0.1) is 6.42 Å². The summed E-state index contributed by atoms with van der Waals surface area (Å²) in [6, 6.07) is 0.623. The van der Waals surface area contributed by atoms with E-state index in [-0.39, 0.29) is 6.42 Å². The van der Waals surface area contributed by atoms with Crippen LogP contribution in [0.25, 0.3) is 0 Å². The molecule has 16 heavy (non-hydrogen) atoms. The highest BCUT2D eigenvalue weighted by atomic mass is 16.4. The summed E-state index contributed by atoms with van der Waals surface area (Å²) < 4.78 is 0. The van der Waals surface area contributed by atoms with Crippen LogP contribution in [0.15, 0.2) is 0 Å². The van der Waals surface area contributed by atoms with E-state index in [1.165, 1.54) is 12.8 Å². The zero-order valence-electron chi connectivity index (χ0n) is 10.5. The normalized spacial score (nSPS) is 22.6. The van der Waals surface area contributed by atoms with E-state index in [9.17, 15) is 4.79 Å². The molecule has 1 atom stereocenters. The molecule has 1 fully saturated rings. The van der Waals surface area contributed by atoms with Gasteiger partial charge in [-0.15, -0.1) is 0 Å². The molecule has 1 saturated heterocycles. The Balaban J connectivity index is 2.37. The maximum absolute atomic E-state index is 10.5. The number of rotatable bonds is 6. The first-order valence-corrected chi connectivity index (χ1v) is 6.35. The molecule has 1 aliphatic rings. The first kappa shape index (κ1) is 13.5. The second-order valence-corrected chi connectivity index (χ2v) is 4.46. The summed E-state index contributed by atoms with van der Waals surface area (Å²) in [6.07, 6.45) is 2.72. The molecule has 1 N–H and O–H groups in total. The van der Waals surface area contributed by atoms with E-state index in [0.717, 1.165) is 26.2 Å². The van der Waals surface area contributed by atoms with Gasteiger partial charge in [-0.1, -0.05) is 13.8 Å². The van der Waals surface area contributed by atoms with E-state index in [4.69, 9.17) is 5.11 Å². The number of hydrogen-bond acceptors (Lipinski definition) is 3. The zero-order chi connectivity index (χ0) is 12.0. The van der Waals surface area contributed by atoms with Crippen molar-refractivity contribution in [2.24, 2.45) is 0 Å². The molecular formula is C12H24N2O2. The minimum absolute atomic E-state index is 0.269. The Morgan fingerprint density at radius 3 is 2.69 bits per heavy atom. The molecule has 1 unspecified atom stereocenters. The molecule has 0 bridgehead atoms. The first-order chi connectivity index (χ1) is 7.67. The minimum atomic E-state index is -0.690. The maximum atomic E-state index is 10.5. The third-order valence-corrected chi connectivity index (χ3v) is 3.45. The van der Waals surface area contributed by atoms with E-state index in [1.54, 1.807) is 0 Å². The molecule has 1 aliphatic heterocycles. The summed E-state index contributed by atoms with van der Waals surface area (Å²) in [6.45, 7) is 9.37. The molecule has 0 aliphatic carbocycles. The van der Waals surface area contributed by atoms with Gasteiger partial charge in [0.25, 0.3) is 0 Å². The van der Waals surface area contributed by atoms with Gasteiger partial charge in [-0.25, -0.2) is 0 Å². The standard InChI is InChI=1S/C12H24N2O2/c1-3-14(4-2)11-6-5-8-13(10-11)9-7-12(15)16/h11H,3-10H2,1-2H3,(H,15,16). The van der Waals surface area contributed by atoms with Crippen molar-refractivity contribution in [3.63, 3.8) is 0 Å². The zero-order valence-corrected chi connectivity index (χ0v) is 10.5. The number of carboxylic acid groups (broad SMARTS) is 1. The Kier molecular flexibility index (Phi) is 5.77. The lowest BCUT2D eigenvalue weighted by Crippen LogP contribution is -2.48. The summed E-state index contributed by atoms with van der Waals surface area (Å²) in [5.74, 6) is -0.690. The molecule has 94 valence electrons. The van der Waals surface area contributed by atoms with Crippen molar-refractivity contribution in [1.29, 1.82) is 0 Å². The van der Waals surface area contributed by atoms with Gasteiger partial charge in [0.1, 0.15) is 0 Å². The molecule has 0 aromatic rings. The highest BCUT2D eigenvalue weighted by Gasteiger charge is 2.23. The van der Waals surface area contributed by atoms with Crippen LogP contribution in [-0.4, -0.2) is 59.6 Å². The molecular weight excluding hydrogens is 204 g/mol. The van der Waals surface area contributed by atoms with Gasteiger partial charge >= 0.3 is 5.97 Å². The van der Waals surface area contributed by atoms with Crippen LogP contribution < -0.4 is 0 Å². The lowest BCUT2D eigenvalue weighted by Gasteiger charge is -2.38. The first-order valence-electron chi connectivity index (χ1n) is 6.35. The third kappa shape index (κ3) is 4.10. The summed E-state index contributed by atoms with van der Waals surface area (Å²) in [7, 11) is 0. The van der Waals surface area contributed by atoms with Crippen molar-refractivity contribution in [1.82, 2.24) is 9.80 Å². The minimum Gasteiger partial charge on any atom is -0.481 e. The van der Waals surface area contributed by atoms with Crippen LogP contribution in [-0.2, 0) is 4.79 Å². The van der Waals surface area contributed by atoms with Crippen molar-refractivity contribution >= 4 is 5.97 Å². The number of carbonyl (C=O) groups is 1. The molecule has 0 amide bonds. The number of piperidine rings is 1. The van der Waals surface area contributed by atoms with E-state index in [0.29, 0.717) is 12.6 Å². The molecule has 0 radical (unpaired) electrons. The number of hydrogen-bond donors (Lipinski definition) is 1. The van der Waals surface area contributed by atoms with Crippen LogP contribution in [0.3, 0.4) is 0 Å². The highest BCUT2D eigenvalue weighted by Crippen LogP contribution is 2.15. The van der Waals surface area contributed by atoms with Gasteiger partial charge in [0.15, 0.2) is 0 Å². The van der Waals surface area contributed by atoms with Crippen LogP contribution >= 0.6 is 0 Å². The summed E-state index contributed by atoms with van der Waals surface area (Å²) in [5, 5.41) is 8.67. The van der Waals surface area contributed by atoms with E-state index >= 15 is 0 Å². The van der Waals surface area contributed by atoms with Gasteiger partial charge in [-0.3, -0.25) is 9.69 Å². The number of likely N-dealkylation sites (N-methyl/N-ethyl adjacent to an activating group) is 1. The molecule has 4 nitrogen and oxygen atoms in total. The molecule has 0 spiro atoms. The quantitative estimate of drug-likeness (QED) is 0.743. The molecule has 1 heterocycles. The van der Waals surface area contributed by atoms with Crippen molar-refractivity contribution in [3.05, 3.63) is 0 Å². The fourth-order valence-corrected chi connectivity index (χ4v) is 2.53. The number of likely N-dealkylation sites (tertiary alicyclic amines) is 1. The Morgan fingerprint density at radius 1 is 1.44 bits per heavy atom. The van der Waals surface area contributed by atoms with E-state index < -0.39 is 5.97 Å².